The summed E-state index contributed by atoms with van der Waals surface area (Å²) in [5.74, 6) is 0.853. The molecule has 1 aromatic heterocycles. The second-order valence-electron chi connectivity index (χ2n) is 4.23. The van der Waals surface area contributed by atoms with Crippen LogP contribution in [0.1, 0.15) is 17.3 Å². The maximum absolute atomic E-state index is 12.7. The predicted molar refractivity (Wildman–Crippen MR) is 87.3 cm³/mol. The zero-order chi connectivity index (χ0) is 15.4. The van der Waals surface area contributed by atoms with Gasteiger partial charge in [0, 0.05) is 22.2 Å². The van der Waals surface area contributed by atoms with Gasteiger partial charge in [0.05, 0.1) is 12.7 Å². The van der Waals surface area contributed by atoms with Gasteiger partial charge in [-0.3, -0.25) is 9.69 Å². The summed E-state index contributed by atoms with van der Waals surface area (Å²) in [7, 11) is 1.51. The monoisotopic (exact) mass is 368 g/mol. The second kappa shape index (κ2) is 6.91. The van der Waals surface area contributed by atoms with Crippen molar-refractivity contribution in [1.82, 2.24) is 4.98 Å². The van der Waals surface area contributed by atoms with Gasteiger partial charge >= 0.3 is 0 Å². The summed E-state index contributed by atoms with van der Waals surface area (Å²) < 4.78 is 6.10. The number of carbonyl (C=O) groups excluding carboxylic acids is 1. The lowest BCUT2D eigenvalue weighted by molar-refractivity contribution is 0.0984. The largest absolute Gasteiger partial charge is 0.496 e. The van der Waals surface area contributed by atoms with Crippen LogP contribution >= 0.6 is 27.5 Å². The molecule has 2 rings (SSSR count). The molecule has 0 spiro atoms. The van der Waals surface area contributed by atoms with E-state index in [4.69, 9.17) is 16.3 Å². The molecule has 0 N–H and O–H groups in total. The molecule has 21 heavy (non-hydrogen) atoms. The summed E-state index contributed by atoms with van der Waals surface area (Å²) >= 11 is 9.25. The first-order chi connectivity index (χ1) is 10.1. The Hall–Kier alpha value is -1.59. The molecule has 0 saturated carbocycles. The van der Waals surface area contributed by atoms with Crippen LogP contribution in [0, 0.1) is 0 Å². The third kappa shape index (κ3) is 3.54. The highest BCUT2D eigenvalue weighted by Gasteiger charge is 2.20. The van der Waals surface area contributed by atoms with Crippen LogP contribution < -0.4 is 9.64 Å². The minimum absolute atomic E-state index is 0.180. The van der Waals surface area contributed by atoms with E-state index in [-0.39, 0.29) is 5.91 Å². The Kier molecular flexibility index (Phi) is 5.20. The van der Waals surface area contributed by atoms with Crippen molar-refractivity contribution in [3.8, 4) is 5.75 Å². The quantitative estimate of drug-likeness (QED) is 0.812. The average Bonchev–Trinajstić information content (AvgIpc) is 2.49. The minimum atomic E-state index is -0.180. The molecule has 0 aliphatic carbocycles. The maximum atomic E-state index is 12.7. The third-order valence-electron chi connectivity index (χ3n) is 2.94. The van der Waals surface area contributed by atoms with Crippen LogP contribution in [0.25, 0.3) is 0 Å². The van der Waals surface area contributed by atoms with Gasteiger partial charge in [0.1, 0.15) is 11.6 Å². The Morgan fingerprint density at radius 2 is 2.14 bits per heavy atom. The summed E-state index contributed by atoms with van der Waals surface area (Å²) in [6, 6.07) is 8.58. The number of benzene rings is 1. The highest BCUT2D eigenvalue weighted by molar-refractivity contribution is 9.10. The van der Waals surface area contributed by atoms with E-state index >= 15 is 0 Å². The van der Waals surface area contributed by atoms with Crippen molar-refractivity contribution in [3.05, 3.63) is 51.6 Å². The summed E-state index contributed by atoms with van der Waals surface area (Å²) in [5, 5.41) is 0.521. The van der Waals surface area contributed by atoms with E-state index in [9.17, 15) is 4.79 Å². The number of hydrogen-bond donors (Lipinski definition) is 0. The molecule has 0 aliphatic rings. The lowest BCUT2D eigenvalue weighted by Gasteiger charge is -2.21. The maximum Gasteiger partial charge on any atom is 0.263 e. The minimum Gasteiger partial charge on any atom is -0.496 e. The third-order valence-corrected chi connectivity index (χ3v) is 3.65. The van der Waals surface area contributed by atoms with Crippen molar-refractivity contribution in [2.75, 3.05) is 18.6 Å². The number of pyridine rings is 1. The van der Waals surface area contributed by atoms with Crippen LogP contribution in [0.5, 0.6) is 5.75 Å². The Balaban J connectivity index is 2.39. The molecule has 2 aromatic rings. The normalized spacial score (nSPS) is 10.3. The lowest BCUT2D eigenvalue weighted by atomic mass is 10.1. The average molecular weight is 370 g/mol. The highest BCUT2D eigenvalue weighted by atomic mass is 79.9. The molecule has 0 bridgehead atoms. The van der Waals surface area contributed by atoms with Crippen LogP contribution in [-0.2, 0) is 0 Å². The fourth-order valence-electron chi connectivity index (χ4n) is 1.92. The molecule has 4 nitrogen and oxygen atoms in total. The number of halogens is 2. The molecule has 6 heteroatoms. The number of nitrogens with zero attached hydrogens (tertiary/aromatic N) is 2. The van der Waals surface area contributed by atoms with Crippen molar-refractivity contribution < 1.29 is 9.53 Å². The first kappa shape index (κ1) is 15.8. The molecule has 1 amide bonds. The Labute approximate surface area is 136 Å². The first-order valence-electron chi connectivity index (χ1n) is 6.33. The van der Waals surface area contributed by atoms with Gasteiger partial charge in [-0.25, -0.2) is 4.98 Å². The summed E-state index contributed by atoms with van der Waals surface area (Å²) in [6.45, 7) is 2.39. The van der Waals surface area contributed by atoms with Crippen molar-refractivity contribution in [2.45, 2.75) is 6.92 Å². The van der Waals surface area contributed by atoms with E-state index in [0.29, 0.717) is 28.7 Å². The lowest BCUT2D eigenvalue weighted by Crippen LogP contribution is -2.31. The van der Waals surface area contributed by atoms with E-state index in [0.717, 1.165) is 4.47 Å². The SMILES string of the molecule is CCN(C(=O)c1ccc(Cl)cc1OC)c1ccc(Br)cn1. The molecule has 0 saturated heterocycles. The molecule has 0 aliphatic heterocycles. The van der Waals surface area contributed by atoms with Crippen molar-refractivity contribution in [1.29, 1.82) is 0 Å². The van der Waals surface area contributed by atoms with Crippen molar-refractivity contribution in [3.63, 3.8) is 0 Å². The van der Waals surface area contributed by atoms with Crippen LogP contribution in [0.15, 0.2) is 41.0 Å². The number of anilines is 1. The van der Waals surface area contributed by atoms with Gasteiger partial charge in [-0.2, -0.15) is 0 Å². The van der Waals surface area contributed by atoms with Gasteiger partial charge in [0.2, 0.25) is 0 Å². The number of amides is 1. The molecular formula is C15H14BrClN2O2. The molecule has 1 aromatic carbocycles. The van der Waals surface area contributed by atoms with E-state index < -0.39 is 0 Å². The number of aromatic nitrogens is 1. The van der Waals surface area contributed by atoms with E-state index in [1.807, 2.05) is 13.0 Å². The number of hydrogen-bond acceptors (Lipinski definition) is 3. The van der Waals surface area contributed by atoms with E-state index in [2.05, 4.69) is 20.9 Å². The van der Waals surface area contributed by atoms with Crippen molar-refractivity contribution in [2.24, 2.45) is 0 Å². The van der Waals surface area contributed by atoms with E-state index in [1.54, 1.807) is 35.4 Å². The van der Waals surface area contributed by atoms with Crippen LogP contribution in [-0.4, -0.2) is 24.5 Å². The van der Waals surface area contributed by atoms with Gasteiger partial charge in [-0.1, -0.05) is 11.6 Å². The zero-order valence-electron chi connectivity index (χ0n) is 11.6. The van der Waals surface area contributed by atoms with Gasteiger partial charge < -0.3 is 4.74 Å². The molecule has 0 fully saturated rings. The van der Waals surface area contributed by atoms with Crippen molar-refractivity contribution >= 4 is 39.3 Å². The smallest absolute Gasteiger partial charge is 0.263 e. The highest BCUT2D eigenvalue weighted by Crippen LogP contribution is 2.26. The van der Waals surface area contributed by atoms with Crippen LogP contribution in [0.4, 0.5) is 5.82 Å². The Bertz CT molecular complexity index is 647. The van der Waals surface area contributed by atoms with Crippen LogP contribution in [0.3, 0.4) is 0 Å². The summed E-state index contributed by atoms with van der Waals surface area (Å²) in [6.07, 6.45) is 1.66. The Morgan fingerprint density at radius 3 is 2.71 bits per heavy atom. The van der Waals surface area contributed by atoms with Gasteiger partial charge in [-0.05, 0) is 53.2 Å². The fraction of sp³-hybridized carbons (Fsp3) is 0.200. The predicted octanol–water partition coefficient (Wildman–Crippen LogP) is 4.17. The van der Waals surface area contributed by atoms with Crippen LogP contribution in [0.2, 0.25) is 5.02 Å². The molecule has 0 radical (unpaired) electrons. The van der Waals surface area contributed by atoms with Gasteiger partial charge in [-0.15, -0.1) is 0 Å². The molecule has 1 heterocycles. The number of carbonyl (C=O) groups is 1. The van der Waals surface area contributed by atoms with Gasteiger partial charge in [0.15, 0.2) is 0 Å². The fourth-order valence-corrected chi connectivity index (χ4v) is 2.32. The standard InChI is InChI=1S/C15H14BrClN2O2/c1-3-19(14-7-4-10(16)9-18-14)15(20)12-6-5-11(17)8-13(12)21-2/h4-9H,3H2,1-2H3. The molecule has 0 atom stereocenters. The topological polar surface area (TPSA) is 42.4 Å². The Morgan fingerprint density at radius 1 is 1.38 bits per heavy atom. The molecule has 0 unspecified atom stereocenters. The zero-order valence-corrected chi connectivity index (χ0v) is 14.0. The first-order valence-corrected chi connectivity index (χ1v) is 7.51. The second-order valence-corrected chi connectivity index (χ2v) is 5.58. The molecular weight excluding hydrogens is 356 g/mol. The number of ether oxygens (including phenoxy) is 1. The number of methoxy groups -OCH3 is 1. The number of rotatable bonds is 4. The summed E-state index contributed by atoms with van der Waals surface area (Å²) in [4.78, 5) is 18.5. The van der Waals surface area contributed by atoms with E-state index in [1.165, 1.54) is 7.11 Å². The summed E-state index contributed by atoms with van der Waals surface area (Å²) in [5.41, 5.74) is 0.452. The molecule has 110 valence electrons. The van der Waals surface area contributed by atoms with Gasteiger partial charge in [0.25, 0.3) is 5.91 Å².